The number of aryl methyl sites for hydroxylation is 2. The Morgan fingerprint density at radius 2 is 1.59 bits per heavy atom. The summed E-state index contributed by atoms with van der Waals surface area (Å²) >= 11 is 1.41. The number of carbonyl (C=O) groups excluding carboxylic acids is 1. The van der Waals surface area contributed by atoms with Gasteiger partial charge in [-0.15, -0.1) is 10.2 Å². The number of hydrogen-bond donors (Lipinski definition) is 1. The Labute approximate surface area is 192 Å². The number of aromatic nitrogens is 3. The quantitative estimate of drug-likeness (QED) is 0.395. The molecule has 0 fully saturated rings. The van der Waals surface area contributed by atoms with Gasteiger partial charge in [0.05, 0.1) is 11.4 Å². The van der Waals surface area contributed by atoms with Crippen LogP contribution in [0.1, 0.15) is 28.1 Å². The zero-order chi connectivity index (χ0) is 22.3. The van der Waals surface area contributed by atoms with Crippen LogP contribution in [0.3, 0.4) is 0 Å². The van der Waals surface area contributed by atoms with E-state index in [2.05, 4.69) is 64.3 Å². The first-order chi connectivity index (χ1) is 15.6. The van der Waals surface area contributed by atoms with E-state index < -0.39 is 0 Å². The molecule has 0 aliphatic carbocycles. The molecule has 162 valence electrons. The van der Waals surface area contributed by atoms with E-state index in [1.807, 2.05) is 48.5 Å². The van der Waals surface area contributed by atoms with Crippen molar-refractivity contribution < 1.29 is 4.79 Å². The molecule has 0 saturated heterocycles. The van der Waals surface area contributed by atoms with Crippen molar-refractivity contribution in [2.75, 3.05) is 5.75 Å². The number of benzene rings is 3. The lowest BCUT2D eigenvalue weighted by atomic mass is 10.1. The molecule has 0 saturated carbocycles. The number of carbonyl (C=O) groups is 1. The molecule has 32 heavy (non-hydrogen) atoms. The normalized spacial score (nSPS) is 10.8. The minimum absolute atomic E-state index is 0.0290. The Balaban J connectivity index is 1.54. The van der Waals surface area contributed by atoms with Crippen LogP contribution in [0, 0.1) is 13.8 Å². The Bertz CT molecular complexity index is 1190. The fourth-order valence-electron chi connectivity index (χ4n) is 3.56. The third-order valence-electron chi connectivity index (χ3n) is 5.16. The molecule has 1 amide bonds. The van der Waals surface area contributed by atoms with E-state index in [4.69, 9.17) is 0 Å². The zero-order valence-electron chi connectivity index (χ0n) is 18.3. The summed E-state index contributed by atoms with van der Waals surface area (Å²) in [5.41, 5.74) is 5.64. The predicted molar refractivity (Wildman–Crippen MR) is 129 cm³/mol. The summed E-state index contributed by atoms with van der Waals surface area (Å²) in [6.45, 7) is 4.69. The second-order valence-corrected chi connectivity index (χ2v) is 8.68. The van der Waals surface area contributed by atoms with Gasteiger partial charge in [0.2, 0.25) is 5.91 Å². The average molecular weight is 443 g/mol. The van der Waals surface area contributed by atoms with E-state index in [-0.39, 0.29) is 11.7 Å². The van der Waals surface area contributed by atoms with Crippen LogP contribution in [0.15, 0.2) is 84.0 Å². The van der Waals surface area contributed by atoms with Gasteiger partial charge in [0.15, 0.2) is 5.16 Å². The van der Waals surface area contributed by atoms with Gasteiger partial charge in [0.1, 0.15) is 5.82 Å². The number of thioether (sulfide) groups is 1. The molecular formula is C26H26N4OS. The molecule has 0 radical (unpaired) electrons. The van der Waals surface area contributed by atoms with Crippen molar-refractivity contribution in [1.82, 2.24) is 20.1 Å². The highest BCUT2D eigenvalue weighted by molar-refractivity contribution is 7.99. The molecular weight excluding hydrogens is 416 g/mol. The van der Waals surface area contributed by atoms with Gasteiger partial charge in [0.25, 0.3) is 0 Å². The maximum Gasteiger partial charge on any atom is 0.230 e. The van der Waals surface area contributed by atoms with Crippen molar-refractivity contribution in [3.63, 3.8) is 0 Å². The maximum absolute atomic E-state index is 12.5. The first kappa shape index (κ1) is 21.8. The summed E-state index contributed by atoms with van der Waals surface area (Å²) in [6.07, 6.45) is 0.669. The topological polar surface area (TPSA) is 59.8 Å². The number of nitrogens with zero attached hydrogens (tertiary/aromatic N) is 3. The van der Waals surface area contributed by atoms with Crippen molar-refractivity contribution in [3.05, 3.63) is 107 Å². The van der Waals surface area contributed by atoms with E-state index in [0.717, 1.165) is 27.8 Å². The number of rotatable bonds is 8. The van der Waals surface area contributed by atoms with E-state index >= 15 is 0 Å². The van der Waals surface area contributed by atoms with Crippen LogP contribution in [-0.4, -0.2) is 26.4 Å². The van der Waals surface area contributed by atoms with Crippen molar-refractivity contribution in [2.45, 2.75) is 32.0 Å². The average Bonchev–Trinajstić information content (AvgIpc) is 3.19. The van der Waals surface area contributed by atoms with Gasteiger partial charge < -0.3 is 5.32 Å². The molecule has 6 heteroatoms. The first-order valence-corrected chi connectivity index (χ1v) is 11.6. The summed E-state index contributed by atoms with van der Waals surface area (Å²) in [5, 5.41) is 12.6. The molecule has 0 spiro atoms. The summed E-state index contributed by atoms with van der Waals surface area (Å²) in [7, 11) is 0. The van der Waals surface area contributed by atoms with Crippen LogP contribution in [0.4, 0.5) is 0 Å². The third-order valence-corrected chi connectivity index (χ3v) is 6.09. The molecule has 3 aromatic carbocycles. The zero-order valence-corrected chi connectivity index (χ0v) is 19.1. The largest absolute Gasteiger partial charge is 0.351 e. The highest BCUT2D eigenvalue weighted by atomic mass is 32.2. The van der Waals surface area contributed by atoms with Crippen LogP contribution < -0.4 is 5.32 Å². The van der Waals surface area contributed by atoms with E-state index in [1.165, 1.54) is 22.9 Å². The summed E-state index contributed by atoms with van der Waals surface area (Å²) < 4.78 is 2.08. The monoisotopic (exact) mass is 442 g/mol. The molecule has 0 aliphatic heterocycles. The standard InChI is InChI=1S/C26H26N4OS/c1-19-13-14-23(20(2)15-19)30-24(16-21-9-5-3-6-10-21)28-29-26(30)32-18-25(31)27-17-22-11-7-4-8-12-22/h3-15H,16-18H2,1-2H3,(H,27,31). The number of hydrogen-bond acceptors (Lipinski definition) is 4. The van der Waals surface area contributed by atoms with Gasteiger partial charge in [-0.1, -0.05) is 90.1 Å². The number of amides is 1. The fraction of sp³-hybridized carbons (Fsp3) is 0.192. The van der Waals surface area contributed by atoms with Gasteiger partial charge in [-0.2, -0.15) is 0 Å². The molecule has 4 aromatic rings. The highest BCUT2D eigenvalue weighted by Crippen LogP contribution is 2.26. The van der Waals surface area contributed by atoms with Gasteiger partial charge in [-0.05, 0) is 36.6 Å². The van der Waals surface area contributed by atoms with Gasteiger partial charge in [-0.25, -0.2) is 0 Å². The molecule has 0 atom stereocenters. The van der Waals surface area contributed by atoms with E-state index in [1.54, 1.807) is 0 Å². The molecule has 5 nitrogen and oxygen atoms in total. The van der Waals surface area contributed by atoms with Crippen molar-refractivity contribution in [3.8, 4) is 5.69 Å². The molecule has 0 bridgehead atoms. The lowest BCUT2D eigenvalue weighted by Gasteiger charge is -2.14. The van der Waals surface area contributed by atoms with Crippen LogP contribution in [-0.2, 0) is 17.8 Å². The molecule has 1 heterocycles. The highest BCUT2D eigenvalue weighted by Gasteiger charge is 2.17. The van der Waals surface area contributed by atoms with Crippen molar-refractivity contribution in [1.29, 1.82) is 0 Å². The smallest absolute Gasteiger partial charge is 0.230 e. The lowest BCUT2D eigenvalue weighted by molar-refractivity contribution is -0.118. The van der Waals surface area contributed by atoms with Gasteiger partial charge in [0, 0.05) is 13.0 Å². The third kappa shape index (κ3) is 5.45. The molecule has 0 aliphatic rings. The fourth-order valence-corrected chi connectivity index (χ4v) is 4.36. The number of nitrogens with one attached hydrogen (secondary N) is 1. The Kier molecular flexibility index (Phi) is 7.02. The minimum atomic E-state index is -0.0290. The minimum Gasteiger partial charge on any atom is -0.351 e. The van der Waals surface area contributed by atoms with E-state index in [9.17, 15) is 4.79 Å². The van der Waals surface area contributed by atoms with Crippen LogP contribution >= 0.6 is 11.8 Å². The summed E-state index contributed by atoms with van der Waals surface area (Å²) in [6, 6.07) is 26.5. The second-order valence-electron chi connectivity index (χ2n) is 7.74. The van der Waals surface area contributed by atoms with Crippen molar-refractivity contribution >= 4 is 17.7 Å². The van der Waals surface area contributed by atoms with E-state index in [0.29, 0.717) is 13.0 Å². The second kappa shape index (κ2) is 10.3. The molecule has 1 N–H and O–H groups in total. The van der Waals surface area contributed by atoms with Gasteiger partial charge in [-0.3, -0.25) is 9.36 Å². The van der Waals surface area contributed by atoms with Crippen LogP contribution in [0.5, 0.6) is 0 Å². The maximum atomic E-state index is 12.5. The lowest BCUT2D eigenvalue weighted by Crippen LogP contribution is -2.24. The molecule has 1 aromatic heterocycles. The summed E-state index contributed by atoms with van der Waals surface area (Å²) in [4.78, 5) is 12.5. The Hall–Kier alpha value is -3.38. The Morgan fingerprint density at radius 3 is 2.28 bits per heavy atom. The Morgan fingerprint density at radius 1 is 0.906 bits per heavy atom. The summed E-state index contributed by atoms with van der Waals surface area (Å²) in [5.74, 6) is 1.11. The first-order valence-electron chi connectivity index (χ1n) is 10.6. The van der Waals surface area contributed by atoms with Crippen molar-refractivity contribution in [2.24, 2.45) is 0 Å². The molecule has 4 rings (SSSR count). The van der Waals surface area contributed by atoms with Crippen LogP contribution in [0.2, 0.25) is 0 Å². The van der Waals surface area contributed by atoms with Crippen LogP contribution in [0.25, 0.3) is 5.69 Å². The molecule has 0 unspecified atom stereocenters. The van der Waals surface area contributed by atoms with Gasteiger partial charge >= 0.3 is 0 Å². The predicted octanol–water partition coefficient (Wildman–Crippen LogP) is 4.88. The SMILES string of the molecule is Cc1ccc(-n2c(Cc3ccccc3)nnc2SCC(=O)NCc2ccccc2)c(C)c1.